The summed E-state index contributed by atoms with van der Waals surface area (Å²) in [6, 6.07) is 2.24. The molecule has 0 bridgehead atoms. The average molecular weight is 281 g/mol. The van der Waals surface area contributed by atoms with Crippen LogP contribution in [0, 0.1) is 11.8 Å². The van der Waals surface area contributed by atoms with E-state index in [1.165, 1.54) is 45.4 Å². The molecule has 2 rings (SSSR count). The smallest absolute Gasteiger partial charge is 0.0247 e. The second kappa shape index (κ2) is 7.24. The largest absolute Gasteiger partial charge is 0.311 e. The zero-order valence-corrected chi connectivity index (χ0v) is 14.2. The van der Waals surface area contributed by atoms with E-state index >= 15 is 0 Å². The Balaban J connectivity index is 1.99. The number of nitrogens with zero attached hydrogens (tertiary/aromatic N) is 2. The van der Waals surface area contributed by atoms with E-state index in [4.69, 9.17) is 0 Å². The predicted octanol–water partition coefficient (Wildman–Crippen LogP) is 2.43. The topological polar surface area (TPSA) is 18.5 Å². The molecular weight excluding hydrogens is 246 g/mol. The highest BCUT2D eigenvalue weighted by atomic mass is 15.3. The number of nitrogens with one attached hydrogen (secondary N) is 1. The molecule has 2 saturated heterocycles. The lowest BCUT2D eigenvalue weighted by atomic mass is 9.91. The van der Waals surface area contributed by atoms with Crippen LogP contribution in [0.15, 0.2) is 0 Å². The first kappa shape index (κ1) is 16.3. The van der Waals surface area contributed by atoms with Gasteiger partial charge >= 0.3 is 0 Å². The lowest BCUT2D eigenvalue weighted by Crippen LogP contribution is -2.62. The van der Waals surface area contributed by atoms with Crippen molar-refractivity contribution in [3.05, 3.63) is 0 Å². The van der Waals surface area contributed by atoms with E-state index in [1.807, 2.05) is 0 Å². The maximum absolute atomic E-state index is 3.81. The van der Waals surface area contributed by atoms with Crippen LogP contribution in [0.4, 0.5) is 0 Å². The number of rotatable bonds is 4. The monoisotopic (exact) mass is 281 g/mol. The van der Waals surface area contributed by atoms with E-state index in [0.29, 0.717) is 6.04 Å². The van der Waals surface area contributed by atoms with Gasteiger partial charge in [-0.05, 0) is 51.2 Å². The fourth-order valence-corrected chi connectivity index (χ4v) is 3.95. The molecule has 0 saturated carbocycles. The quantitative estimate of drug-likeness (QED) is 0.854. The van der Waals surface area contributed by atoms with Crippen LogP contribution in [0.3, 0.4) is 0 Å². The molecule has 2 fully saturated rings. The van der Waals surface area contributed by atoms with Crippen molar-refractivity contribution < 1.29 is 0 Å². The lowest BCUT2D eigenvalue weighted by molar-refractivity contribution is 0.0246. The van der Waals surface area contributed by atoms with E-state index < -0.39 is 0 Å². The summed E-state index contributed by atoms with van der Waals surface area (Å²) in [7, 11) is 2.26. The Hall–Kier alpha value is -0.120. The summed E-state index contributed by atoms with van der Waals surface area (Å²) in [5, 5.41) is 3.81. The van der Waals surface area contributed by atoms with Gasteiger partial charge in [0.1, 0.15) is 0 Å². The maximum Gasteiger partial charge on any atom is 0.0247 e. The van der Waals surface area contributed by atoms with Gasteiger partial charge in [-0.25, -0.2) is 0 Å². The number of hydrogen-bond donors (Lipinski definition) is 1. The Morgan fingerprint density at radius 2 is 1.75 bits per heavy atom. The van der Waals surface area contributed by atoms with Gasteiger partial charge in [0, 0.05) is 31.2 Å². The molecule has 2 heterocycles. The minimum Gasteiger partial charge on any atom is -0.311 e. The van der Waals surface area contributed by atoms with Gasteiger partial charge in [0.15, 0.2) is 0 Å². The Bertz CT molecular complexity index is 282. The van der Waals surface area contributed by atoms with Gasteiger partial charge in [-0.15, -0.1) is 0 Å². The van der Waals surface area contributed by atoms with Crippen molar-refractivity contribution in [1.29, 1.82) is 0 Å². The first-order valence-corrected chi connectivity index (χ1v) is 8.65. The highest BCUT2D eigenvalue weighted by Crippen LogP contribution is 2.25. The van der Waals surface area contributed by atoms with Gasteiger partial charge in [0.05, 0.1) is 0 Å². The Kier molecular flexibility index (Phi) is 5.88. The normalized spacial score (nSPS) is 31.4. The van der Waals surface area contributed by atoms with Crippen molar-refractivity contribution in [3.63, 3.8) is 0 Å². The first-order valence-electron chi connectivity index (χ1n) is 8.65. The Morgan fingerprint density at radius 3 is 2.30 bits per heavy atom. The molecule has 1 N–H and O–H groups in total. The number of piperazine rings is 1. The van der Waals surface area contributed by atoms with E-state index in [0.717, 1.165) is 23.9 Å². The SMILES string of the molecule is CC(C)CC1CN(C2CCN(C)CC2)C(C(C)C)CN1. The van der Waals surface area contributed by atoms with Gasteiger partial charge in [-0.1, -0.05) is 27.7 Å². The third kappa shape index (κ3) is 4.19. The summed E-state index contributed by atoms with van der Waals surface area (Å²) < 4.78 is 0. The van der Waals surface area contributed by atoms with Crippen LogP contribution in [-0.4, -0.2) is 61.2 Å². The van der Waals surface area contributed by atoms with Crippen molar-refractivity contribution in [3.8, 4) is 0 Å². The summed E-state index contributed by atoms with van der Waals surface area (Å²) in [6.45, 7) is 14.4. The van der Waals surface area contributed by atoms with Crippen molar-refractivity contribution in [1.82, 2.24) is 15.1 Å². The highest BCUT2D eigenvalue weighted by Gasteiger charge is 2.35. The second-order valence-electron chi connectivity index (χ2n) is 7.78. The van der Waals surface area contributed by atoms with E-state index in [-0.39, 0.29) is 0 Å². The van der Waals surface area contributed by atoms with Crippen LogP contribution >= 0.6 is 0 Å². The summed E-state index contributed by atoms with van der Waals surface area (Å²) in [5.41, 5.74) is 0. The van der Waals surface area contributed by atoms with Crippen LogP contribution in [0.2, 0.25) is 0 Å². The van der Waals surface area contributed by atoms with Crippen molar-refractivity contribution in [2.24, 2.45) is 11.8 Å². The van der Waals surface area contributed by atoms with Gasteiger partial charge in [0.25, 0.3) is 0 Å². The molecular formula is C17H35N3. The summed E-state index contributed by atoms with van der Waals surface area (Å²) in [4.78, 5) is 5.34. The van der Waals surface area contributed by atoms with Crippen molar-refractivity contribution >= 4 is 0 Å². The predicted molar refractivity (Wildman–Crippen MR) is 87.1 cm³/mol. The number of hydrogen-bond acceptors (Lipinski definition) is 3. The average Bonchev–Trinajstić information content (AvgIpc) is 2.38. The molecule has 118 valence electrons. The fourth-order valence-electron chi connectivity index (χ4n) is 3.95. The highest BCUT2D eigenvalue weighted by molar-refractivity contribution is 4.93. The van der Waals surface area contributed by atoms with E-state index in [9.17, 15) is 0 Å². The number of piperidine rings is 1. The van der Waals surface area contributed by atoms with Crippen LogP contribution in [-0.2, 0) is 0 Å². The molecule has 0 aromatic heterocycles. The van der Waals surface area contributed by atoms with Crippen LogP contribution in [0.25, 0.3) is 0 Å². The van der Waals surface area contributed by atoms with Gasteiger partial charge in [-0.2, -0.15) is 0 Å². The molecule has 0 amide bonds. The standard InChI is InChI=1S/C17H35N3/c1-13(2)10-15-12-20(17(11-18-15)14(3)4)16-6-8-19(5)9-7-16/h13-18H,6-12H2,1-5H3. The molecule has 0 radical (unpaired) electrons. The second-order valence-corrected chi connectivity index (χ2v) is 7.78. The van der Waals surface area contributed by atoms with Gasteiger partial charge < -0.3 is 10.2 Å². The van der Waals surface area contributed by atoms with Crippen molar-refractivity contribution in [2.75, 3.05) is 33.2 Å². The molecule has 3 nitrogen and oxygen atoms in total. The molecule has 0 aromatic carbocycles. The van der Waals surface area contributed by atoms with Gasteiger partial charge in [0.2, 0.25) is 0 Å². The first-order chi connectivity index (χ1) is 9.47. The van der Waals surface area contributed by atoms with Crippen LogP contribution in [0.1, 0.15) is 47.0 Å². The summed E-state index contributed by atoms with van der Waals surface area (Å²) in [6.07, 6.45) is 4.02. The minimum atomic E-state index is 0.699. The third-order valence-corrected chi connectivity index (χ3v) is 5.16. The number of likely N-dealkylation sites (tertiary alicyclic amines) is 1. The summed E-state index contributed by atoms with van der Waals surface area (Å²) in [5.74, 6) is 1.55. The molecule has 20 heavy (non-hydrogen) atoms. The zero-order valence-electron chi connectivity index (χ0n) is 14.2. The molecule has 2 atom stereocenters. The van der Waals surface area contributed by atoms with Crippen LogP contribution in [0.5, 0.6) is 0 Å². The summed E-state index contributed by atoms with van der Waals surface area (Å²) >= 11 is 0. The Morgan fingerprint density at radius 1 is 1.10 bits per heavy atom. The lowest BCUT2D eigenvalue weighted by Gasteiger charge is -2.48. The maximum atomic E-state index is 3.81. The molecule has 3 heteroatoms. The zero-order chi connectivity index (χ0) is 14.7. The third-order valence-electron chi connectivity index (χ3n) is 5.16. The van der Waals surface area contributed by atoms with Crippen molar-refractivity contribution in [2.45, 2.75) is 65.1 Å². The van der Waals surface area contributed by atoms with Gasteiger partial charge in [-0.3, -0.25) is 4.90 Å². The van der Waals surface area contributed by atoms with Crippen LogP contribution < -0.4 is 5.32 Å². The molecule has 0 aromatic rings. The Labute approximate surface area is 126 Å². The van der Waals surface area contributed by atoms with E-state index in [2.05, 4.69) is 49.9 Å². The molecule has 0 spiro atoms. The molecule has 2 aliphatic heterocycles. The van der Waals surface area contributed by atoms with E-state index in [1.54, 1.807) is 0 Å². The molecule has 2 aliphatic rings. The molecule has 2 unspecified atom stereocenters. The molecule has 0 aliphatic carbocycles. The minimum absolute atomic E-state index is 0.699. The fraction of sp³-hybridized carbons (Fsp3) is 1.00.